The lowest BCUT2D eigenvalue weighted by molar-refractivity contribution is 0.108. The maximum absolute atomic E-state index is 9.94. The Morgan fingerprint density at radius 1 is 1.36 bits per heavy atom. The van der Waals surface area contributed by atoms with Crippen LogP contribution in [0.4, 0.5) is 0 Å². The molecule has 0 aromatic carbocycles. The summed E-state index contributed by atoms with van der Waals surface area (Å²) in [5.74, 6) is 7.00. The van der Waals surface area contributed by atoms with Gasteiger partial charge in [-0.1, -0.05) is 30.4 Å². The third-order valence-electron chi connectivity index (χ3n) is 5.55. The molecule has 1 aliphatic carbocycles. The Labute approximate surface area is 153 Å². The molecule has 2 aromatic heterocycles. The number of fused-ring (bicyclic) bond motifs is 1. The minimum absolute atomic E-state index is 0.0733. The van der Waals surface area contributed by atoms with Gasteiger partial charge in [0.1, 0.15) is 10.8 Å². The number of aliphatic hydroxyl groups is 1. The molecule has 2 aromatic rings. The van der Waals surface area contributed by atoms with Gasteiger partial charge in [-0.3, -0.25) is 4.68 Å². The molecule has 1 saturated heterocycles. The SMILES string of the molecule is CN1CC(C#Cc2nn(CC3(CO)CCCC3)c3cc(Cl)ncc23)C1. The minimum Gasteiger partial charge on any atom is -0.396 e. The summed E-state index contributed by atoms with van der Waals surface area (Å²) < 4.78 is 1.97. The molecule has 2 fully saturated rings. The van der Waals surface area contributed by atoms with Gasteiger partial charge in [0.15, 0.2) is 0 Å². The van der Waals surface area contributed by atoms with Gasteiger partial charge in [0, 0.05) is 43.2 Å². The monoisotopic (exact) mass is 358 g/mol. The standard InChI is InChI=1S/C19H23ClN4O/c1-23-10-14(11-23)4-5-16-15-9-21-18(20)8-17(15)24(22-16)12-19(13-25)6-2-3-7-19/h8-9,14,25H,2-3,6-7,10-13H2,1H3. The second-order valence-electron chi connectivity index (χ2n) is 7.58. The van der Waals surface area contributed by atoms with E-state index in [2.05, 4.69) is 28.8 Å². The molecule has 1 aliphatic heterocycles. The topological polar surface area (TPSA) is 54.2 Å². The van der Waals surface area contributed by atoms with Gasteiger partial charge in [-0.15, -0.1) is 0 Å². The van der Waals surface area contributed by atoms with Gasteiger partial charge < -0.3 is 10.0 Å². The number of hydrogen-bond donors (Lipinski definition) is 1. The number of aliphatic hydroxyl groups excluding tert-OH is 1. The van der Waals surface area contributed by atoms with Crippen LogP contribution in [0.25, 0.3) is 10.9 Å². The molecule has 6 heteroatoms. The molecular weight excluding hydrogens is 336 g/mol. The van der Waals surface area contributed by atoms with Crippen molar-refractivity contribution in [2.75, 3.05) is 26.7 Å². The van der Waals surface area contributed by atoms with E-state index in [0.29, 0.717) is 17.6 Å². The summed E-state index contributed by atoms with van der Waals surface area (Å²) in [7, 11) is 2.10. The van der Waals surface area contributed by atoms with E-state index in [-0.39, 0.29) is 12.0 Å². The van der Waals surface area contributed by atoms with Crippen molar-refractivity contribution in [3.63, 3.8) is 0 Å². The number of pyridine rings is 1. The van der Waals surface area contributed by atoms with Crippen molar-refractivity contribution in [2.45, 2.75) is 32.2 Å². The quantitative estimate of drug-likeness (QED) is 0.676. The van der Waals surface area contributed by atoms with E-state index in [0.717, 1.165) is 42.5 Å². The molecule has 3 heterocycles. The summed E-state index contributed by atoms with van der Waals surface area (Å²) in [6.07, 6.45) is 6.18. The van der Waals surface area contributed by atoms with Gasteiger partial charge in [-0.25, -0.2) is 4.98 Å². The van der Waals surface area contributed by atoms with Crippen molar-refractivity contribution in [2.24, 2.45) is 11.3 Å². The number of likely N-dealkylation sites (tertiary alicyclic amines) is 1. The minimum atomic E-state index is -0.0733. The van der Waals surface area contributed by atoms with Crippen LogP contribution >= 0.6 is 11.6 Å². The first-order valence-corrected chi connectivity index (χ1v) is 9.29. The van der Waals surface area contributed by atoms with Crippen LogP contribution in [0.15, 0.2) is 12.3 Å². The highest BCUT2D eigenvalue weighted by atomic mass is 35.5. The fourth-order valence-electron chi connectivity index (χ4n) is 4.03. The lowest BCUT2D eigenvalue weighted by atomic mass is 9.87. The number of nitrogens with zero attached hydrogens (tertiary/aromatic N) is 4. The summed E-state index contributed by atoms with van der Waals surface area (Å²) in [5.41, 5.74) is 1.64. The van der Waals surface area contributed by atoms with E-state index in [1.165, 1.54) is 12.8 Å². The second-order valence-corrected chi connectivity index (χ2v) is 7.97. The molecule has 25 heavy (non-hydrogen) atoms. The van der Waals surface area contributed by atoms with Gasteiger partial charge in [0.2, 0.25) is 0 Å². The van der Waals surface area contributed by atoms with Crippen molar-refractivity contribution in [3.8, 4) is 11.8 Å². The number of halogens is 1. The van der Waals surface area contributed by atoms with Gasteiger partial charge in [-0.2, -0.15) is 5.10 Å². The van der Waals surface area contributed by atoms with E-state index in [1.807, 2.05) is 10.7 Å². The molecular formula is C19H23ClN4O. The molecule has 0 amide bonds. The van der Waals surface area contributed by atoms with Crippen molar-refractivity contribution in [3.05, 3.63) is 23.1 Å². The normalized spacial score (nSPS) is 20.4. The summed E-state index contributed by atoms with van der Waals surface area (Å²) in [4.78, 5) is 6.46. The Balaban J connectivity index is 1.70. The number of aromatic nitrogens is 3. The molecule has 1 saturated carbocycles. The third kappa shape index (κ3) is 3.27. The van der Waals surface area contributed by atoms with E-state index >= 15 is 0 Å². The van der Waals surface area contributed by atoms with E-state index in [9.17, 15) is 5.11 Å². The first-order valence-electron chi connectivity index (χ1n) is 8.92. The van der Waals surface area contributed by atoms with E-state index in [1.54, 1.807) is 6.20 Å². The highest BCUT2D eigenvalue weighted by Gasteiger charge is 2.34. The first kappa shape index (κ1) is 16.8. The Bertz CT molecular complexity index is 838. The average molecular weight is 359 g/mol. The van der Waals surface area contributed by atoms with Crippen LogP contribution in [0.1, 0.15) is 31.4 Å². The van der Waals surface area contributed by atoms with Crippen LogP contribution in [0, 0.1) is 23.2 Å². The smallest absolute Gasteiger partial charge is 0.144 e. The van der Waals surface area contributed by atoms with Gasteiger partial charge >= 0.3 is 0 Å². The van der Waals surface area contributed by atoms with Crippen LogP contribution in [-0.4, -0.2) is 51.5 Å². The zero-order valence-corrected chi connectivity index (χ0v) is 15.3. The number of hydrogen-bond acceptors (Lipinski definition) is 4. The Hall–Kier alpha value is -1.61. The predicted octanol–water partition coefficient (Wildman–Crippen LogP) is 2.55. The first-order chi connectivity index (χ1) is 12.1. The molecule has 132 valence electrons. The maximum atomic E-state index is 9.94. The van der Waals surface area contributed by atoms with Crippen molar-refractivity contribution in [1.82, 2.24) is 19.7 Å². The molecule has 0 radical (unpaired) electrons. The highest BCUT2D eigenvalue weighted by molar-refractivity contribution is 6.30. The zero-order valence-electron chi connectivity index (χ0n) is 14.5. The summed E-state index contributed by atoms with van der Waals surface area (Å²) in [5, 5.41) is 16.1. The van der Waals surface area contributed by atoms with Crippen LogP contribution < -0.4 is 0 Å². The van der Waals surface area contributed by atoms with Crippen LogP contribution in [0.5, 0.6) is 0 Å². The predicted molar refractivity (Wildman–Crippen MR) is 98.4 cm³/mol. The fraction of sp³-hybridized carbons (Fsp3) is 0.579. The largest absolute Gasteiger partial charge is 0.396 e. The van der Waals surface area contributed by atoms with E-state index in [4.69, 9.17) is 16.7 Å². The van der Waals surface area contributed by atoms with Crippen LogP contribution in [0.2, 0.25) is 5.15 Å². The van der Waals surface area contributed by atoms with Gasteiger partial charge in [0.25, 0.3) is 0 Å². The molecule has 1 N–H and O–H groups in total. The molecule has 4 rings (SSSR count). The van der Waals surface area contributed by atoms with Crippen LogP contribution in [0.3, 0.4) is 0 Å². The Kier molecular flexibility index (Phi) is 4.45. The zero-order chi connectivity index (χ0) is 17.4. The summed E-state index contributed by atoms with van der Waals surface area (Å²) in [6, 6.07) is 1.85. The lowest BCUT2D eigenvalue weighted by Gasteiger charge is -2.32. The maximum Gasteiger partial charge on any atom is 0.144 e. The van der Waals surface area contributed by atoms with Crippen LogP contribution in [-0.2, 0) is 6.54 Å². The van der Waals surface area contributed by atoms with E-state index < -0.39 is 0 Å². The summed E-state index contributed by atoms with van der Waals surface area (Å²) >= 11 is 6.12. The average Bonchev–Trinajstić information content (AvgIpc) is 3.17. The lowest BCUT2D eigenvalue weighted by Crippen LogP contribution is -2.42. The van der Waals surface area contributed by atoms with Crippen molar-refractivity contribution in [1.29, 1.82) is 0 Å². The Morgan fingerprint density at radius 3 is 2.80 bits per heavy atom. The molecule has 2 aliphatic rings. The summed E-state index contributed by atoms with van der Waals surface area (Å²) in [6.45, 7) is 2.93. The van der Waals surface area contributed by atoms with Crippen molar-refractivity contribution < 1.29 is 5.11 Å². The Morgan fingerprint density at radius 2 is 2.12 bits per heavy atom. The third-order valence-corrected chi connectivity index (χ3v) is 5.75. The second kappa shape index (κ2) is 6.60. The highest BCUT2D eigenvalue weighted by Crippen LogP contribution is 2.39. The molecule has 0 unspecified atom stereocenters. The van der Waals surface area contributed by atoms with Gasteiger partial charge in [-0.05, 0) is 25.8 Å². The fourth-order valence-corrected chi connectivity index (χ4v) is 4.18. The van der Waals surface area contributed by atoms with Gasteiger partial charge in [0.05, 0.1) is 17.5 Å². The molecule has 0 spiro atoms. The molecule has 0 bridgehead atoms. The number of rotatable bonds is 3. The van der Waals surface area contributed by atoms with Crippen molar-refractivity contribution >= 4 is 22.5 Å². The molecule has 5 nitrogen and oxygen atoms in total. The molecule has 0 atom stereocenters.